The van der Waals surface area contributed by atoms with Crippen LogP contribution < -0.4 is 0 Å². The van der Waals surface area contributed by atoms with Crippen LogP contribution >= 0.6 is 11.8 Å². The van der Waals surface area contributed by atoms with Crippen molar-refractivity contribution >= 4 is 17.7 Å². The van der Waals surface area contributed by atoms with E-state index < -0.39 is 0 Å². The molecule has 1 amide bonds. The molecule has 1 aromatic heterocycles. The van der Waals surface area contributed by atoms with Crippen LogP contribution in [0.4, 0.5) is 0 Å². The van der Waals surface area contributed by atoms with Crippen LogP contribution in [0.1, 0.15) is 57.3 Å². The lowest BCUT2D eigenvalue weighted by atomic mass is 9.95. The summed E-state index contributed by atoms with van der Waals surface area (Å²) in [6.45, 7) is 9.77. The predicted octanol–water partition coefficient (Wildman–Crippen LogP) is 3.00. The van der Waals surface area contributed by atoms with E-state index in [9.17, 15) is 4.79 Å². The highest BCUT2D eigenvalue weighted by Crippen LogP contribution is 2.28. The highest BCUT2D eigenvalue weighted by atomic mass is 32.2. The molecule has 0 spiro atoms. The van der Waals surface area contributed by atoms with Crippen LogP contribution in [0, 0.1) is 0 Å². The molecule has 3 heterocycles. The number of amides is 1. The average Bonchev–Trinajstić information content (AvgIpc) is 3.30. The number of aromatic nitrogens is 2. The Morgan fingerprint density at radius 2 is 1.96 bits per heavy atom. The Balaban J connectivity index is 1.38. The first-order chi connectivity index (χ1) is 12.1. The molecule has 3 rings (SSSR count). The van der Waals surface area contributed by atoms with Crippen LogP contribution in [0.5, 0.6) is 0 Å². The quantitative estimate of drug-likeness (QED) is 0.698. The van der Waals surface area contributed by atoms with Crippen LogP contribution in [0.15, 0.2) is 12.4 Å². The fourth-order valence-corrected chi connectivity index (χ4v) is 4.80. The Morgan fingerprint density at radius 1 is 1.24 bits per heavy atom. The van der Waals surface area contributed by atoms with E-state index in [0.717, 1.165) is 38.2 Å². The minimum atomic E-state index is 0.317. The molecular formula is C19H32N4OS. The van der Waals surface area contributed by atoms with Crippen molar-refractivity contribution in [2.45, 2.75) is 51.5 Å². The third-order valence-corrected chi connectivity index (χ3v) is 6.37. The Labute approximate surface area is 156 Å². The maximum atomic E-state index is 12.4. The molecule has 140 valence electrons. The van der Waals surface area contributed by atoms with Gasteiger partial charge in [0.1, 0.15) is 5.82 Å². The summed E-state index contributed by atoms with van der Waals surface area (Å²) in [6, 6.07) is 0.448. The zero-order chi connectivity index (χ0) is 17.6. The third kappa shape index (κ3) is 5.00. The monoisotopic (exact) mass is 364 g/mol. The number of likely N-dealkylation sites (tertiary alicyclic amines) is 2. The molecule has 0 N–H and O–H groups in total. The summed E-state index contributed by atoms with van der Waals surface area (Å²) in [7, 11) is 0. The lowest BCUT2D eigenvalue weighted by molar-refractivity contribution is -0.129. The van der Waals surface area contributed by atoms with Gasteiger partial charge in [-0.25, -0.2) is 4.98 Å². The third-order valence-electron chi connectivity index (χ3n) is 5.44. The van der Waals surface area contributed by atoms with Crippen molar-refractivity contribution < 1.29 is 4.79 Å². The number of thioether (sulfide) groups is 1. The van der Waals surface area contributed by atoms with E-state index in [1.54, 1.807) is 11.8 Å². The van der Waals surface area contributed by atoms with Gasteiger partial charge >= 0.3 is 0 Å². The van der Waals surface area contributed by atoms with Gasteiger partial charge in [0.2, 0.25) is 5.91 Å². The second-order valence-electron chi connectivity index (χ2n) is 7.54. The zero-order valence-corrected chi connectivity index (χ0v) is 16.5. The summed E-state index contributed by atoms with van der Waals surface area (Å²) in [5.41, 5.74) is 0. The van der Waals surface area contributed by atoms with Crippen LogP contribution in [-0.2, 0) is 4.79 Å². The number of imidazole rings is 1. The summed E-state index contributed by atoms with van der Waals surface area (Å²) in [4.78, 5) is 21.6. The lowest BCUT2D eigenvalue weighted by Crippen LogP contribution is -2.39. The topological polar surface area (TPSA) is 41.4 Å². The van der Waals surface area contributed by atoms with E-state index in [4.69, 9.17) is 0 Å². The summed E-state index contributed by atoms with van der Waals surface area (Å²) < 4.78 is 2.27. The molecule has 0 unspecified atom stereocenters. The van der Waals surface area contributed by atoms with Crippen LogP contribution in [0.3, 0.4) is 0 Å². The first-order valence-corrected chi connectivity index (χ1v) is 10.9. The lowest BCUT2D eigenvalue weighted by Gasteiger charge is -2.32. The molecule has 6 heteroatoms. The molecule has 2 fully saturated rings. The van der Waals surface area contributed by atoms with Gasteiger partial charge in [-0.1, -0.05) is 0 Å². The average molecular weight is 365 g/mol. The maximum absolute atomic E-state index is 12.4. The fraction of sp³-hybridized carbons (Fsp3) is 0.789. The van der Waals surface area contributed by atoms with Gasteiger partial charge in [0.05, 0.1) is 5.75 Å². The number of nitrogens with zero attached hydrogens (tertiary/aromatic N) is 4. The van der Waals surface area contributed by atoms with Crippen molar-refractivity contribution in [1.82, 2.24) is 19.4 Å². The fourth-order valence-electron chi connectivity index (χ4n) is 3.92. The molecule has 0 aromatic carbocycles. The van der Waals surface area contributed by atoms with E-state index >= 15 is 0 Å². The predicted molar refractivity (Wildman–Crippen MR) is 104 cm³/mol. The minimum absolute atomic E-state index is 0.317. The van der Waals surface area contributed by atoms with Crippen molar-refractivity contribution in [2.24, 2.45) is 0 Å². The number of carbonyl (C=O) groups is 1. The number of rotatable bonds is 7. The molecule has 0 atom stereocenters. The summed E-state index contributed by atoms with van der Waals surface area (Å²) in [5, 5.41) is 0. The zero-order valence-electron chi connectivity index (χ0n) is 15.7. The molecule has 2 saturated heterocycles. The highest BCUT2D eigenvalue weighted by molar-refractivity contribution is 7.99. The number of piperidine rings is 1. The molecule has 2 aliphatic rings. The molecule has 0 radical (unpaired) electrons. The molecule has 2 aliphatic heterocycles. The first kappa shape index (κ1) is 18.8. The standard InChI is InChI=1S/C19H32N4OS/c1-16(2)23-12-7-20-19(23)17-5-10-22(11-6-17)18(24)15-25-14-13-21-8-3-4-9-21/h7,12,16-17H,3-6,8-11,13-15H2,1-2H3. The molecule has 0 bridgehead atoms. The Bertz CT molecular complexity index is 545. The van der Waals surface area contributed by atoms with Gasteiger partial charge in [-0.3, -0.25) is 4.79 Å². The highest BCUT2D eigenvalue weighted by Gasteiger charge is 2.26. The van der Waals surface area contributed by atoms with Gasteiger partial charge in [0.25, 0.3) is 0 Å². The molecular weight excluding hydrogens is 332 g/mol. The molecule has 25 heavy (non-hydrogen) atoms. The maximum Gasteiger partial charge on any atom is 0.232 e. The molecule has 0 saturated carbocycles. The van der Waals surface area contributed by atoms with Crippen LogP contribution in [0.2, 0.25) is 0 Å². The normalized spacial score (nSPS) is 19.9. The van der Waals surface area contributed by atoms with E-state index in [-0.39, 0.29) is 0 Å². The second kappa shape index (κ2) is 9.08. The van der Waals surface area contributed by atoms with E-state index in [1.165, 1.54) is 31.8 Å². The van der Waals surface area contributed by atoms with Gasteiger partial charge in [-0.2, -0.15) is 11.8 Å². The number of hydrogen-bond donors (Lipinski definition) is 0. The van der Waals surface area contributed by atoms with Gasteiger partial charge in [-0.15, -0.1) is 0 Å². The van der Waals surface area contributed by atoms with E-state index in [1.807, 2.05) is 6.20 Å². The summed E-state index contributed by atoms with van der Waals surface area (Å²) >= 11 is 1.80. The summed E-state index contributed by atoms with van der Waals surface area (Å²) in [6.07, 6.45) is 8.74. The minimum Gasteiger partial charge on any atom is -0.342 e. The number of hydrogen-bond acceptors (Lipinski definition) is 4. The Morgan fingerprint density at radius 3 is 2.64 bits per heavy atom. The Kier molecular flexibility index (Phi) is 6.82. The number of carbonyl (C=O) groups excluding carboxylic acids is 1. The smallest absolute Gasteiger partial charge is 0.232 e. The van der Waals surface area contributed by atoms with Crippen molar-refractivity contribution in [2.75, 3.05) is 44.2 Å². The van der Waals surface area contributed by atoms with Crippen LogP contribution in [0.25, 0.3) is 0 Å². The summed E-state index contributed by atoms with van der Waals surface area (Å²) in [5.74, 6) is 3.72. The van der Waals surface area contributed by atoms with E-state index in [0.29, 0.717) is 23.6 Å². The first-order valence-electron chi connectivity index (χ1n) is 9.75. The van der Waals surface area contributed by atoms with Gasteiger partial charge in [0, 0.05) is 49.7 Å². The van der Waals surface area contributed by atoms with Crippen molar-refractivity contribution in [1.29, 1.82) is 0 Å². The van der Waals surface area contributed by atoms with Crippen molar-refractivity contribution in [3.8, 4) is 0 Å². The van der Waals surface area contributed by atoms with Crippen molar-refractivity contribution in [3.63, 3.8) is 0 Å². The van der Waals surface area contributed by atoms with Gasteiger partial charge < -0.3 is 14.4 Å². The SMILES string of the molecule is CC(C)n1ccnc1C1CCN(C(=O)CSCCN2CCCC2)CC1. The second-order valence-corrected chi connectivity index (χ2v) is 8.65. The molecule has 0 aliphatic carbocycles. The molecule has 1 aromatic rings. The van der Waals surface area contributed by atoms with Gasteiger partial charge in [-0.05, 0) is 52.6 Å². The largest absolute Gasteiger partial charge is 0.342 e. The Hall–Kier alpha value is -1.01. The van der Waals surface area contributed by atoms with E-state index in [2.05, 4.69) is 39.4 Å². The van der Waals surface area contributed by atoms with Gasteiger partial charge in [0.15, 0.2) is 0 Å². The molecule has 5 nitrogen and oxygen atoms in total. The van der Waals surface area contributed by atoms with Crippen LogP contribution in [-0.4, -0.2) is 69.5 Å². The van der Waals surface area contributed by atoms with Crippen molar-refractivity contribution in [3.05, 3.63) is 18.2 Å².